The Kier molecular flexibility index (Phi) is 7.34. The third kappa shape index (κ3) is 5.50. The Labute approximate surface area is 224 Å². The van der Waals surface area contributed by atoms with Crippen LogP contribution in [0.4, 0.5) is 0 Å². The van der Waals surface area contributed by atoms with Gasteiger partial charge in [-0.1, -0.05) is 61.5 Å². The number of hydrogen-bond donors (Lipinski definition) is 1. The summed E-state index contributed by atoms with van der Waals surface area (Å²) in [6.07, 6.45) is 3.11. The van der Waals surface area contributed by atoms with Gasteiger partial charge in [-0.2, -0.15) is 5.10 Å². The molecule has 5 rings (SSSR count). The molecule has 0 radical (unpaired) electrons. The SMILES string of the molecule is CCc1ccc(-c2cc(C(=O)NC(C)CCc3ccccc3)c3c(C)nn(C4CCS(=O)(=O)C4)c3n2)cc1. The van der Waals surface area contributed by atoms with E-state index in [1.807, 2.05) is 50.2 Å². The number of rotatable bonds is 8. The highest BCUT2D eigenvalue weighted by molar-refractivity contribution is 7.91. The van der Waals surface area contributed by atoms with Gasteiger partial charge in [0, 0.05) is 11.6 Å². The maximum Gasteiger partial charge on any atom is 0.252 e. The average molecular weight is 531 g/mol. The number of nitrogens with one attached hydrogen (secondary N) is 1. The molecule has 2 aromatic heterocycles. The molecule has 0 bridgehead atoms. The Morgan fingerprint density at radius 1 is 1.11 bits per heavy atom. The van der Waals surface area contributed by atoms with Crippen LogP contribution in [0.15, 0.2) is 60.7 Å². The topological polar surface area (TPSA) is 94.0 Å². The van der Waals surface area contributed by atoms with Crippen molar-refractivity contribution in [2.45, 2.75) is 58.5 Å². The first-order valence-corrected chi connectivity index (χ1v) is 15.1. The van der Waals surface area contributed by atoms with Crippen LogP contribution in [-0.4, -0.2) is 46.6 Å². The summed E-state index contributed by atoms with van der Waals surface area (Å²) in [6.45, 7) is 5.98. The summed E-state index contributed by atoms with van der Waals surface area (Å²) in [5, 5.41) is 8.56. The zero-order valence-corrected chi connectivity index (χ0v) is 23.0. The fourth-order valence-electron chi connectivity index (χ4n) is 5.18. The summed E-state index contributed by atoms with van der Waals surface area (Å²) < 4.78 is 26.2. The zero-order valence-electron chi connectivity index (χ0n) is 22.1. The van der Waals surface area contributed by atoms with Crippen LogP contribution >= 0.6 is 0 Å². The molecule has 1 aliphatic rings. The van der Waals surface area contributed by atoms with Crippen molar-refractivity contribution in [3.8, 4) is 11.3 Å². The molecule has 1 N–H and O–H groups in total. The van der Waals surface area contributed by atoms with Gasteiger partial charge >= 0.3 is 0 Å². The predicted molar refractivity (Wildman–Crippen MR) is 151 cm³/mol. The molecule has 0 spiro atoms. The number of carbonyl (C=O) groups is 1. The summed E-state index contributed by atoms with van der Waals surface area (Å²) in [5.74, 6) is 0.00651. The van der Waals surface area contributed by atoms with E-state index in [1.54, 1.807) is 4.68 Å². The van der Waals surface area contributed by atoms with E-state index in [9.17, 15) is 13.2 Å². The van der Waals surface area contributed by atoms with Crippen LogP contribution in [0, 0.1) is 6.92 Å². The third-order valence-corrected chi connectivity index (χ3v) is 9.13. The van der Waals surface area contributed by atoms with Gasteiger partial charge in [0.25, 0.3) is 5.91 Å². The normalized spacial score (nSPS) is 17.5. The quantitative estimate of drug-likeness (QED) is 0.343. The van der Waals surface area contributed by atoms with E-state index in [1.165, 1.54) is 11.1 Å². The number of nitrogens with zero attached hydrogens (tertiary/aromatic N) is 3. The molecule has 7 nitrogen and oxygen atoms in total. The van der Waals surface area contributed by atoms with Gasteiger partial charge in [0.2, 0.25) is 0 Å². The van der Waals surface area contributed by atoms with Crippen LogP contribution in [0.2, 0.25) is 0 Å². The monoisotopic (exact) mass is 530 g/mol. The van der Waals surface area contributed by atoms with Crippen LogP contribution in [0.3, 0.4) is 0 Å². The van der Waals surface area contributed by atoms with E-state index in [2.05, 4.69) is 36.5 Å². The lowest BCUT2D eigenvalue weighted by atomic mass is 10.0. The van der Waals surface area contributed by atoms with E-state index >= 15 is 0 Å². The number of hydrogen-bond acceptors (Lipinski definition) is 5. The molecule has 2 aromatic carbocycles. The molecule has 2 unspecified atom stereocenters. The van der Waals surface area contributed by atoms with Crippen molar-refractivity contribution in [1.82, 2.24) is 20.1 Å². The largest absolute Gasteiger partial charge is 0.350 e. The lowest BCUT2D eigenvalue weighted by molar-refractivity contribution is 0.0940. The molecule has 1 fully saturated rings. The average Bonchev–Trinajstić information content (AvgIpc) is 3.46. The van der Waals surface area contributed by atoms with Crippen molar-refractivity contribution in [2.24, 2.45) is 0 Å². The third-order valence-electron chi connectivity index (χ3n) is 7.38. The van der Waals surface area contributed by atoms with Crippen molar-refractivity contribution in [2.75, 3.05) is 11.5 Å². The maximum absolute atomic E-state index is 13.7. The summed E-state index contributed by atoms with van der Waals surface area (Å²) in [4.78, 5) is 18.6. The lowest BCUT2D eigenvalue weighted by Crippen LogP contribution is -2.33. The van der Waals surface area contributed by atoms with Crippen molar-refractivity contribution >= 4 is 26.8 Å². The van der Waals surface area contributed by atoms with Crippen LogP contribution in [-0.2, 0) is 22.7 Å². The van der Waals surface area contributed by atoms with Gasteiger partial charge in [-0.15, -0.1) is 0 Å². The maximum atomic E-state index is 13.7. The summed E-state index contributed by atoms with van der Waals surface area (Å²) in [7, 11) is -3.11. The van der Waals surface area contributed by atoms with Gasteiger partial charge in [0.1, 0.15) is 0 Å². The molecule has 2 atom stereocenters. The summed E-state index contributed by atoms with van der Waals surface area (Å²) in [5.41, 5.74) is 5.78. The standard InChI is InChI=1S/C30H34N4O3S/c1-4-22-12-14-24(15-13-22)27-18-26(30(35)31-20(2)10-11-23-8-6-5-7-9-23)28-21(3)33-34(29(28)32-27)25-16-17-38(36,37)19-25/h5-9,12-15,18,20,25H,4,10-11,16-17,19H2,1-3H3,(H,31,35). The summed E-state index contributed by atoms with van der Waals surface area (Å²) >= 11 is 0. The Balaban J connectivity index is 1.52. The zero-order chi connectivity index (χ0) is 26.9. The number of fused-ring (bicyclic) bond motifs is 1. The Morgan fingerprint density at radius 3 is 2.50 bits per heavy atom. The first-order valence-electron chi connectivity index (χ1n) is 13.3. The Hall–Kier alpha value is -3.52. The molecule has 0 saturated carbocycles. The number of aryl methyl sites for hydroxylation is 3. The second-order valence-corrected chi connectivity index (χ2v) is 12.5. The first-order chi connectivity index (χ1) is 18.2. The summed E-state index contributed by atoms with van der Waals surface area (Å²) in [6, 6.07) is 19.9. The van der Waals surface area contributed by atoms with Crippen molar-refractivity contribution in [3.05, 3.63) is 83.0 Å². The van der Waals surface area contributed by atoms with Crippen LogP contribution in [0.1, 0.15) is 59.9 Å². The van der Waals surface area contributed by atoms with Crippen molar-refractivity contribution in [1.29, 1.82) is 0 Å². The van der Waals surface area contributed by atoms with Crippen molar-refractivity contribution < 1.29 is 13.2 Å². The highest BCUT2D eigenvalue weighted by Gasteiger charge is 2.32. The second-order valence-electron chi connectivity index (χ2n) is 10.3. The minimum atomic E-state index is -3.11. The van der Waals surface area contributed by atoms with Crippen LogP contribution < -0.4 is 5.32 Å². The molecule has 4 aromatic rings. The van der Waals surface area contributed by atoms with Gasteiger partial charge in [-0.3, -0.25) is 4.79 Å². The van der Waals surface area contributed by atoms with Gasteiger partial charge < -0.3 is 5.32 Å². The molecule has 0 aliphatic carbocycles. The molecule has 198 valence electrons. The fourth-order valence-corrected chi connectivity index (χ4v) is 6.87. The molecule has 38 heavy (non-hydrogen) atoms. The minimum Gasteiger partial charge on any atom is -0.350 e. The predicted octanol–water partition coefficient (Wildman–Crippen LogP) is 5.08. The molecule has 1 amide bonds. The molecular weight excluding hydrogens is 496 g/mol. The number of aromatic nitrogens is 3. The number of pyridine rings is 1. The van der Waals surface area contributed by atoms with Crippen LogP contribution in [0.5, 0.6) is 0 Å². The van der Waals surface area contributed by atoms with E-state index in [-0.39, 0.29) is 29.5 Å². The smallest absolute Gasteiger partial charge is 0.252 e. The van der Waals surface area contributed by atoms with Gasteiger partial charge in [0.15, 0.2) is 15.5 Å². The molecule has 1 aliphatic heterocycles. The van der Waals surface area contributed by atoms with Gasteiger partial charge in [-0.05, 0) is 56.7 Å². The van der Waals surface area contributed by atoms with E-state index in [0.29, 0.717) is 34.4 Å². The van der Waals surface area contributed by atoms with E-state index in [4.69, 9.17) is 10.1 Å². The number of benzene rings is 2. The van der Waals surface area contributed by atoms with E-state index in [0.717, 1.165) is 24.8 Å². The number of amides is 1. The molecule has 3 heterocycles. The Bertz CT molecular complexity index is 1560. The molecule has 1 saturated heterocycles. The molecule has 8 heteroatoms. The lowest BCUT2D eigenvalue weighted by Gasteiger charge is -2.16. The van der Waals surface area contributed by atoms with Crippen LogP contribution in [0.25, 0.3) is 22.3 Å². The number of sulfone groups is 1. The first kappa shape index (κ1) is 26.1. The fraction of sp³-hybridized carbons (Fsp3) is 0.367. The molecular formula is C30H34N4O3S. The van der Waals surface area contributed by atoms with Crippen molar-refractivity contribution in [3.63, 3.8) is 0 Å². The van der Waals surface area contributed by atoms with E-state index < -0.39 is 9.84 Å². The van der Waals surface area contributed by atoms with Gasteiger partial charge in [-0.25, -0.2) is 18.1 Å². The minimum absolute atomic E-state index is 0.0338. The van der Waals surface area contributed by atoms with Gasteiger partial charge in [0.05, 0.1) is 39.9 Å². The highest BCUT2D eigenvalue weighted by atomic mass is 32.2. The Morgan fingerprint density at radius 2 is 1.84 bits per heavy atom. The second kappa shape index (κ2) is 10.7. The highest BCUT2D eigenvalue weighted by Crippen LogP contribution is 2.32. The number of carbonyl (C=O) groups excluding carboxylic acids is 1.